The summed E-state index contributed by atoms with van der Waals surface area (Å²) in [6.07, 6.45) is 3.88. The summed E-state index contributed by atoms with van der Waals surface area (Å²) in [7, 11) is 0. The average Bonchev–Trinajstić information content (AvgIpc) is 2.75. The summed E-state index contributed by atoms with van der Waals surface area (Å²) in [5.41, 5.74) is 4.20. The van der Waals surface area contributed by atoms with Gasteiger partial charge in [0.25, 0.3) is 0 Å². The third-order valence-corrected chi connectivity index (χ3v) is 4.98. The maximum Gasteiger partial charge on any atom is 0.240 e. The number of halogens is 1. The summed E-state index contributed by atoms with van der Waals surface area (Å²) >= 11 is 6.03. The van der Waals surface area contributed by atoms with E-state index in [1.165, 1.54) is 5.01 Å². The van der Waals surface area contributed by atoms with E-state index in [1.54, 1.807) is 0 Å². The van der Waals surface area contributed by atoms with Crippen LogP contribution in [-0.4, -0.2) is 34.3 Å². The van der Waals surface area contributed by atoms with Crippen LogP contribution in [0.1, 0.15) is 42.7 Å². The Labute approximate surface area is 188 Å². The Balaban J connectivity index is 1.85. The second-order valence-electron chi connectivity index (χ2n) is 7.70. The van der Waals surface area contributed by atoms with Gasteiger partial charge in [0.1, 0.15) is 5.75 Å². The number of ether oxygens (including phenoxy) is 1. The van der Waals surface area contributed by atoms with Gasteiger partial charge in [-0.3, -0.25) is 5.01 Å². The van der Waals surface area contributed by atoms with Crippen molar-refractivity contribution in [2.75, 3.05) is 18.2 Å². The summed E-state index contributed by atoms with van der Waals surface area (Å²) < 4.78 is 5.73. The summed E-state index contributed by atoms with van der Waals surface area (Å²) in [4.78, 5) is 9.21. The van der Waals surface area contributed by atoms with Crippen LogP contribution in [0.5, 0.6) is 5.75 Å². The molecule has 0 bridgehead atoms. The summed E-state index contributed by atoms with van der Waals surface area (Å²) in [5.74, 6) is 7.39. The molecule has 0 fully saturated rings. The van der Waals surface area contributed by atoms with Crippen LogP contribution < -0.4 is 15.6 Å². The summed E-state index contributed by atoms with van der Waals surface area (Å²) in [6.45, 7) is 4.57. The molecule has 3 N–H and O–H groups in total. The van der Waals surface area contributed by atoms with Crippen LogP contribution in [0.15, 0.2) is 54.7 Å². The first-order chi connectivity index (χ1) is 14.9. The molecule has 2 aromatic carbocycles. The average molecular weight is 441 g/mol. The van der Waals surface area contributed by atoms with Gasteiger partial charge >= 0.3 is 0 Å². The second kappa shape index (κ2) is 11.1. The predicted molar refractivity (Wildman–Crippen MR) is 125 cm³/mol. The number of anilines is 1. The van der Waals surface area contributed by atoms with Gasteiger partial charge < -0.3 is 9.84 Å². The molecule has 0 atom stereocenters. The molecule has 0 amide bonds. The molecule has 31 heavy (non-hydrogen) atoms. The molecule has 1 heterocycles. The van der Waals surface area contributed by atoms with Gasteiger partial charge in [-0.2, -0.15) is 0 Å². The Kier molecular flexibility index (Phi) is 8.23. The van der Waals surface area contributed by atoms with Crippen molar-refractivity contribution in [1.82, 2.24) is 9.97 Å². The fraction of sp³-hybridized carbons (Fsp3) is 0.333. The highest BCUT2D eigenvalue weighted by Gasteiger charge is 2.13. The zero-order chi connectivity index (χ0) is 22.2. The SMILES string of the molecule is CC(C)Oc1ccc(Cc2cnc(N(N)CCCO)nc2Cc2ccc(Cl)cc2)cc1. The molecule has 3 rings (SSSR count). The van der Waals surface area contributed by atoms with Crippen molar-refractivity contribution in [1.29, 1.82) is 0 Å². The highest BCUT2D eigenvalue weighted by molar-refractivity contribution is 6.30. The Bertz CT molecular complexity index is 962. The standard InChI is InChI=1S/C24H29ClN4O2/c1-17(2)31-22-10-6-18(7-11-22)14-20-16-27-24(29(26)12-3-13-30)28-23(20)15-19-4-8-21(25)9-5-19/h4-11,16-17,30H,3,12-15,26H2,1-2H3. The first kappa shape index (κ1) is 23.0. The van der Waals surface area contributed by atoms with Crippen LogP contribution in [-0.2, 0) is 12.8 Å². The largest absolute Gasteiger partial charge is 0.491 e. The molecule has 0 aliphatic carbocycles. The van der Waals surface area contributed by atoms with Crippen molar-refractivity contribution in [3.8, 4) is 5.75 Å². The minimum absolute atomic E-state index is 0.0694. The van der Waals surface area contributed by atoms with E-state index in [-0.39, 0.29) is 12.7 Å². The molecule has 164 valence electrons. The normalized spacial score (nSPS) is 11.0. The van der Waals surface area contributed by atoms with E-state index in [4.69, 9.17) is 32.3 Å². The van der Waals surface area contributed by atoms with E-state index in [0.29, 0.717) is 36.8 Å². The van der Waals surface area contributed by atoms with E-state index in [1.807, 2.05) is 56.4 Å². The Hall–Kier alpha value is -2.67. The molecule has 0 radical (unpaired) electrons. The molecular weight excluding hydrogens is 412 g/mol. The third kappa shape index (κ3) is 6.92. The summed E-state index contributed by atoms with van der Waals surface area (Å²) in [6, 6.07) is 15.9. The molecule has 0 saturated heterocycles. The van der Waals surface area contributed by atoms with E-state index >= 15 is 0 Å². The van der Waals surface area contributed by atoms with Crippen molar-refractivity contribution in [3.05, 3.63) is 82.1 Å². The molecule has 1 aromatic heterocycles. The lowest BCUT2D eigenvalue weighted by Crippen LogP contribution is -2.34. The minimum Gasteiger partial charge on any atom is -0.491 e. The molecule has 0 spiro atoms. The third-order valence-electron chi connectivity index (χ3n) is 4.73. The van der Waals surface area contributed by atoms with Gasteiger partial charge in [-0.1, -0.05) is 35.9 Å². The van der Waals surface area contributed by atoms with Crippen LogP contribution in [0.25, 0.3) is 0 Å². The second-order valence-corrected chi connectivity index (χ2v) is 8.14. The first-order valence-electron chi connectivity index (χ1n) is 10.4. The lowest BCUT2D eigenvalue weighted by molar-refractivity contribution is 0.242. The van der Waals surface area contributed by atoms with Gasteiger partial charge in [0, 0.05) is 37.2 Å². The van der Waals surface area contributed by atoms with Crippen molar-refractivity contribution in [2.45, 2.75) is 39.2 Å². The number of benzene rings is 2. The van der Waals surface area contributed by atoms with Crippen molar-refractivity contribution in [3.63, 3.8) is 0 Å². The van der Waals surface area contributed by atoms with Gasteiger partial charge in [0.05, 0.1) is 11.8 Å². The van der Waals surface area contributed by atoms with Crippen LogP contribution in [0.2, 0.25) is 5.02 Å². The van der Waals surface area contributed by atoms with E-state index in [2.05, 4.69) is 17.1 Å². The number of nitrogens with zero attached hydrogens (tertiary/aromatic N) is 3. The van der Waals surface area contributed by atoms with E-state index in [0.717, 1.165) is 28.1 Å². The Morgan fingerprint density at radius 3 is 2.32 bits per heavy atom. The lowest BCUT2D eigenvalue weighted by atomic mass is 10.0. The van der Waals surface area contributed by atoms with Gasteiger partial charge in [0.2, 0.25) is 5.95 Å². The van der Waals surface area contributed by atoms with Crippen molar-refractivity contribution >= 4 is 17.5 Å². The number of hydrazine groups is 1. The Morgan fingerprint density at radius 2 is 1.68 bits per heavy atom. The number of aliphatic hydroxyl groups excluding tert-OH is 1. The monoisotopic (exact) mass is 440 g/mol. The smallest absolute Gasteiger partial charge is 0.240 e. The zero-order valence-electron chi connectivity index (χ0n) is 18.0. The molecular formula is C24H29ClN4O2. The van der Waals surface area contributed by atoms with Gasteiger partial charge in [-0.25, -0.2) is 15.8 Å². The maximum absolute atomic E-state index is 9.07. The molecule has 3 aromatic rings. The lowest BCUT2D eigenvalue weighted by Gasteiger charge is -2.18. The van der Waals surface area contributed by atoms with Crippen LogP contribution in [0, 0.1) is 0 Å². The predicted octanol–water partition coefficient (Wildman–Crippen LogP) is 4.16. The number of hydrogen-bond donors (Lipinski definition) is 2. The minimum atomic E-state index is 0.0694. The molecule has 0 unspecified atom stereocenters. The van der Waals surface area contributed by atoms with Crippen LogP contribution in [0.3, 0.4) is 0 Å². The number of hydrogen-bond acceptors (Lipinski definition) is 6. The fourth-order valence-electron chi connectivity index (χ4n) is 3.19. The molecule has 0 aliphatic rings. The maximum atomic E-state index is 9.07. The van der Waals surface area contributed by atoms with E-state index < -0.39 is 0 Å². The molecule has 6 nitrogen and oxygen atoms in total. The quantitative estimate of drug-likeness (QED) is 0.363. The number of aliphatic hydroxyl groups is 1. The molecule has 0 saturated carbocycles. The zero-order valence-corrected chi connectivity index (χ0v) is 18.7. The van der Waals surface area contributed by atoms with Gasteiger partial charge in [0.15, 0.2) is 0 Å². The van der Waals surface area contributed by atoms with Gasteiger partial charge in [-0.15, -0.1) is 0 Å². The number of rotatable bonds is 10. The van der Waals surface area contributed by atoms with Crippen molar-refractivity contribution < 1.29 is 9.84 Å². The highest BCUT2D eigenvalue weighted by atomic mass is 35.5. The number of aromatic nitrogens is 2. The molecule has 0 aliphatic heterocycles. The van der Waals surface area contributed by atoms with E-state index in [9.17, 15) is 0 Å². The van der Waals surface area contributed by atoms with Crippen molar-refractivity contribution in [2.24, 2.45) is 5.84 Å². The molecule has 7 heteroatoms. The first-order valence-corrected chi connectivity index (χ1v) is 10.8. The number of nitrogens with two attached hydrogens (primary N) is 1. The van der Waals surface area contributed by atoms with Crippen LogP contribution >= 0.6 is 11.6 Å². The summed E-state index contributed by atoms with van der Waals surface area (Å²) in [5, 5.41) is 11.2. The highest BCUT2D eigenvalue weighted by Crippen LogP contribution is 2.21. The van der Waals surface area contributed by atoms with Gasteiger partial charge in [-0.05, 0) is 61.2 Å². The Morgan fingerprint density at radius 1 is 1.03 bits per heavy atom. The fourth-order valence-corrected chi connectivity index (χ4v) is 3.31. The van der Waals surface area contributed by atoms with Crippen LogP contribution in [0.4, 0.5) is 5.95 Å². The topological polar surface area (TPSA) is 84.5 Å².